The molecule has 0 radical (unpaired) electrons. The lowest BCUT2D eigenvalue weighted by Gasteiger charge is -2.15. The molecule has 0 unspecified atom stereocenters. The van der Waals surface area contributed by atoms with E-state index in [4.69, 9.17) is 9.47 Å². The van der Waals surface area contributed by atoms with Crippen molar-refractivity contribution in [2.24, 2.45) is 0 Å². The molecule has 0 spiro atoms. The van der Waals surface area contributed by atoms with Gasteiger partial charge >= 0.3 is 0 Å². The molecule has 0 aromatic heterocycles. The van der Waals surface area contributed by atoms with Gasteiger partial charge in [0.15, 0.2) is 5.78 Å². The largest absolute Gasteiger partial charge is 0.493 e. The maximum absolute atomic E-state index is 11.8. The Morgan fingerprint density at radius 1 is 1.05 bits per heavy atom. The SMILES string of the molecule is CCOc1cc(C(C)=O)c(OCC)c2ccccc12. The monoisotopic (exact) mass is 258 g/mol. The van der Waals surface area contributed by atoms with Gasteiger partial charge in [0.2, 0.25) is 0 Å². The Morgan fingerprint density at radius 2 is 1.68 bits per heavy atom. The van der Waals surface area contributed by atoms with Gasteiger partial charge in [-0.1, -0.05) is 24.3 Å². The van der Waals surface area contributed by atoms with Crippen molar-refractivity contribution in [3.05, 3.63) is 35.9 Å². The molecule has 19 heavy (non-hydrogen) atoms. The molecule has 0 amide bonds. The average Bonchev–Trinajstić information content (AvgIpc) is 2.41. The first-order valence-corrected chi connectivity index (χ1v) is 6.51. The molecule has 0 atom stereocenters. The molecule has 0 bridgehead atoms. The summed E-state index contributed by atoms with van der Waals surface area (Å²) in [6.45, 7) is 6.48. The Bertz CT molecular complexity index is 602. The van der Waals surface area contributed by atoms with Gasteiger partial charge in [-0.3, -0.25) is 4.79 Å². The van der Waals surface area contributed by atoms with Crippen LogP contribution in [-0.2, 0) is 0 Å². The van der Waals surface area contributed by atoms with Crippen LogP contribution in [0.15, 0.2) is 30.3 Å². The minimum Gasteiger partial charge on any atom is -0.493 e. The summed E-state index contributed by atoms with van der Waals surface area (Å²) in [6.07, 6.45) is 0. The van der Waals surface area contributed by atoms with Gasteiger partial charge in [-0.05, 0) is 26.8 Å². The Labute approximate surface area is 113 Å². The summed E-state index contributed by atoms with van der Waals surface area (Å²) in [6, 6.07) is 9.60. The number of ether oxygens (including phenoxy) is 2. The molecule has 3 nitrogen and oxygen atoms in total. The van der Waals surface area contributed by atoms with Crippen molar-refractivity contribution in [2.45, 2.75) is 20.8 Å². The van der Waals surface area contributed by atoms with Gasteiger partial charge in [0.25, 0.3) is 0 Å². The Morgan fingerprint density at radius 3 is 2.26 bits per heavy atom. The van der Waals surface area contributed by atoms with E-state index in [2.05, 4.69) is 0 Å². The lowest BCUT2D eigenvalue weighted by Crippen LogP contribution is -2.03. The van der Waals surface area contributed by atoms with Crippen LogP contribution >= 0.6 is 0 Å². The molecule has 0 saturated heterocycles. The van der Waals surface area contributed by atoms with Crippen molar-refractivity contribution in [3.63, 3.8) is 0 Å². The number of Topliss-reactive ketones (excluding diaryl/α,β-unsaturated/α-hetero) is 1. The van der Waals surface area contributed by atoms with Crippen LogP contribution in [0.3, 0.4) is 0 Å². The number of rotatable bonds is 5. The van der Waals surface area contributed by atoms with Crippen molar-refractivity contribution in [1.29, 1.82) is 0 Å². The van der Waals surface area contributed by atoms with Crippen LogP contribution in [0.2, 0.25) is 0 Å². The van der Waals surface area contributed by atoms with Gasteiger partial charge in [-0.25, -0.2) is 0 Å². The third-order valence-electron chi connectivity index (χ3n) is 2.93. The lowest BCUT2D eigenvalue weighted by atomic mass is 10.0. The summed E-state index contributed by atoms with van der Waals surface area (Å²) in [5.74, 6) is 1.36. The lowest BCUT2D eigenvalue weighted by molar-refractivity contribution is 0.101. The highest BCUT2D eigenvalue weighted by Crippen LogP contribution is 2.37. The molecule has 2 aromatic rings. The van der Waals surface area contributed by atoms with Crippen molar-refractivity contribution in [1.82, 2.24) is 0 Å². The minimum absolute atomic E-state index is 0.0184. The number of carbonyl (C=O) groups is 1. The van der Waals surface area contributed by atoms with Gasteiger partial charge in [0, 0.05) is 10.8 Å². The zero-order valence-corrected chi connectivity index (χ0v) is 11.5. The van der Waals surface area contributed by atoms with E-state index in [1.165, 1.54) is 0 Å². The number of fused-ring (bicyclic) bond motifs is 1. The van der Waals surface area contributed by atoms with E-state index in [-0.39, 0.29) is 5.78 Å². The van der Waals surface area contributed by atoms with Crippen molar-refractivity contribution >= 4 is 16.6 Å². The molecule has 0 aliphatic heterocycles. The van der Waals surface area contributed by atoms with E-state index >= 15 is 0 Å². The van der Waals surface area contributed by atoms with Gasteiger partial charge in [-0.15, -0.1) is 0 Å². The first-order valence-electron chi connectivity index (χ1n) is 6.51. The van der Waals surface area contributed by atoms with Crippen LogP contribution in [0.4, 0.5) is 0 Å². The van der Waals surface area contributed by atoms with Gasteiger partial charge in [-0.2, -0.15) is 0 Å². The second-order valence-corrected chi connectivity index (χ2v) is 4.22. The highest BCUT2D eigenvalue weighted by atomic mass is 16.5. The number of hydrogen-bond acceptors (Lipinski definition) is 3. The Balaban J connectivity index is 2.77. The zero-order valence-electron chi connectivity index (χ0n) is 11.5. The summed E-state index contributed by atoms with van der Waals surface area (Å²) in [7, 11) is 0. The van der Waals surface area contributed by atoms with E-state index in [1.807, 2.05) is 38.1 Å². The summed E-state index contributed by atoms with van der Waals surface area (Å²) in [5.41, 5.74) is 0.573. The second kappa shape index (κ2) is 5.74. The molecule has 0 N–H and O–H groups in total. The van der Waals surface area contributed by atoms with Gasteiger partial charge in [0.1, 0.15) is 11.5 Å². The molecule has 0 fully saturated rings. The highest BCUT2D eigenvalue weighted by Gasteiger charge is 2.16. The topological polar surface area (TPSA) is 35.5 Å². The van der Waals surface area contributed by atoms with Crippen LogP contribution in [0.5, 0.6) is 11.5 Å². The van der Waals surface area contributed by atoms with Crippen molar-refractivity contribution < 1.29 is 14.3 Å². The molecule has 2 aromatic carbocycles. The minimum atomic E-state index is -0.0184. The standard InChI is InChI=1S/C16H18O3/c1-4-18-15-10-14(11(3)17)16(19-5-2)13-9-7-6-8-12(13)15/h6-10H,4-5H2,1-3H3. The normalized spacial score (nSPS) is 10.5. The van der Waals surface area contributed by atoms with Gasteiger partial charge in [0.05, 0.1) is 18.8 Å². The number of carbonyl (C=O) groups excluding carboxylic acids is 1. The molecule has 100 valence electrons. The molecule has 0 aliphatic carbocycles. The summed E-state index contributed by atoms with van der Waals surface area (Å²) in [4.78, 5) is 11.8. The predicted molar refractivity (Wildman–Crippen MR) is 76.3 cm³/mol. The summed E-state index contributed by atoms with van der Waals surface area (Å²) in [5, 5.41) is 1.89. The van der Waals surface area contributed by atoms with E-state index in [1.54, 1.807) is 13.0 Å². The molecular weight excluding hydrogens is 240 g/mol. The third-order valence-corrected chi connectivity index (χ3v) is 2.93. The number of hydrogen-bond donors (Lipinski definition) is 0. The molecular formula is C16H18O3. The molecule has 0 aliphatic rings. The number of ketones is 1. The quantitative estimate of drug-likeness (QED) is 0.764. The summed E-state index contributed by atoms with van der Waals surface area (Å²) >= 11 is 0. The molecule has 0 saturated carbocycles. The predicted octanol–water partition coefficient (Wildman–Crippen LogP) is 3.84. The fourth-order valence-electron chi connectivity index (χ4n) is 2.15. The first kappa shape index (κ1) is 13.4. The Hall–Kier alpha value is -2.03. The van der Waals surface area contributed by atoms with Crippen LogP contribution in [0.25, 0.3) is 10.8 Å². The van der Waals surface area contributed by atoms with Crippen molar-refractivity contribution in [2.75, 3.05) is 13.2 Å². The maximum atomic E-state index is 11.8. The van der Waals surface area contributed by atoms with Crippen molar-refractivity contribution in [3.8, 4) is 11.5 Å². The maximum Gasteiger partial charge on any atom is 0.163 e. The van der Waals surface area contributed by atoms with Gasteiger partial charge < -0.3 is 9.47 Å². The highest BCUT2D eigenvalue weighted by molar-refractivity contribution is 6.06. The van der Waals surface area contributed by atoms with E-state index < -0.39 is 0 Å². The van der Waals surface area contributed by atoms with E-state index in [9.17, 15) is 4.79 Å². The van der Waals surface area contributed by atoms with E-state index in [0.717, 1.165) is 16.5 Å². The first-order chi connectivity index (χ1) is 9.19. The van der Waals surface area contributed by atoms with Crippen LogP contribution in [0.1, 0.15) is 31.1 Å². The molecule has 0 heterocycles. The fourth-order valence-corrected chi connectivity index (χ4v) is 2.15. The molecule has 2 rings (SSSR count). The zero-order chi connectivity index (χ0) is 13.8. The average molecular weight is 258 g/mol. The van der Waals surface area contributed by atoms with Crippen LogP contribution in [0, 0.1) is 0 Å². The van der Waals surface area contributed by atoms with Crippen LogP contribution in [-0.4, -0.2) is 19.0 Å². The second-order valence-electron chi connectivity index (χ2n) is 4.22. The van der Waals surface area contributed by atoms with Crippen LogP contribution < -0.4 is 9.47 Å². The number of benzene rings is 2. The Kier molecular flexibility index (Phi) is 4.05. The molecule has 3 heteroatoms. The third kappa shape index (κ3) is 2.55. The van der Waals surface area contributed by atoms with E-state index in [0.29, 0.717) is 24.5 Å². The fraction of sp³-hybridized carbons (Fsp3) is 0.312. The smallest absolute Gasteiger partial charge is 0.163 e. The summed E-state index contributed by atoms with van der Waals surface area (Å²) < 4.78 is 11.3.